The molecule has 1 heterocycles. The Morgan fingerprint density at radius 2 is 2.05 bits per heavy atom. The van der Waals surface area contributed by atoms with Gasteiger partial charge in [0.05, 0.1) is 0 Å². The van der Waals surface area contributed by atoms with E-state index in [0.717, 1.165) is 10.0 Å². The van der Waals surface area contributed by atoms with Gasteiger partial charge in [0, 0.05) is 28.8 Å². The molecule has 0 radical (unpaired) electrons. The number of aromatic nitrogens is 1. The summed E-state index contributed by atoms with van der Waals surface area (Å²) in [6.07, 6.45) is 1.62. The van der Waals surface area contributed by atoms with Crippen molar-refractivity contribution in [3.8, 4) is 0 Å². The Kier molecular flexibility index (Phi) is 5.15. The van der Waals surface area contributed by atoms with Crippen LogP contribution in [0.25, 0.3) is 0 Å². The molecule has 0 saturated heterocycles. The summed E-state index contributed by atoms with van der Waals surface area (Å²) in [6, 6.07) is 11.1. The molecule has 0 fully saturated rings. The molecule has 104 valence electrons. The smallest absolute Gasteiger partial charge is 0.272 e. The molecule has 1 aromatic carbocycles. The van der Waals surface area contributed by atoms with Crippen molar-refractivity contribution in [2.75, 3.05) is 6.54 Å². The molecule has 0 aliphatic carbocycles. The van der Waals surface area contributed by atoms with Crippen molar-refractivity contribution in [2.24, 2.45) is 0 Å². The fourth-order valence-electron chi connectivity index (χ4n) is 1.82. The highest BCUT2D eigenvalue weighted by molar-refractivity contribution is 9.10. The molecule has 0 unspecified atom stereocenters. The number of nitrogens with zero attached hydrogens (tertiary/aromatic N) is 2. The third kappa shape index (κ3) is 3.58. The molecule has 1 amide bonds. The third-order valence-electron chi connectivity index (χ3n) is 2.93. The summed E-state index contributed by atoms with van der Waals surface area (Å²) in [7, 11) is 0. The lowest BCUT2D eigenvalue weighted by molar-refractivity contribution is 0.0746. The molecule has 20 heavy (non-hydrogen) atoms. The van der Waals surface area contributed by atoms with Crippen molar-refractivity contribution in [2.45, 2.75) is 13.5 Å². The molecule has 1 aromatic heterocycles. The number of carbonyl (C=O) groups is 1. The van der Waals surface area contributed by atoms with E-state index in [0.29, 0.717) is 23.8 Å². The lowest BCUT2D eigenvalue weighted by Gasteiger charge is -2.21. The summed E-state index contributed by atoms with van der Waals surface area (Å²) in [6.45, 7) is 3.02. The van der Waals surface area contributed by atoms with E-state index in [1.54, 1.807) is 17.2 Å². The highest BCUT2D eigenvalue weighted by Crippen LogP contribution is 2.18. The summed E-state index contributed by atoms with van der Waals surface area (Å²) >= 11 is 9.44. The Labute approximate surface area is 131 Å². The van der Waals surface area contributed by atoms with Crippen LogP contribution in [0.3, 0.4) is 0 Å². The number of amides is 1. The van der Waals surface area contributed by atoms with Crippen LogP contribution < -0.4 is 0 Å². The zero-order valence-corrected chi connectivity index (χ0v) is 13.4. The van der Waals surface area contributed by atoms with Crippen LogP contribution >= 0.6 is 27.5 Å². The van der Waals surface area contributed by atoms with Gasteiger partial charge in [-0.2, -0.15) is 0 Å². The first kappa shape index (κ1) is 15.0. The Hall–Kier alpha value is -1.39. The number of halogens is 2. The van der Waals surface area contributed by atoms with Gasteiger partial charge in [0.1, 0.15) is 5.69 Å². The number of benzene rings is 1. The lowest BCUT2D eigenvalue weighted by atomic mass is 10.2. The molecule has 2 rings (SSSR count). The maximum atomic E-state index is 12.4. The molecule has 0 atom stereocenters. The zero-order valence-electron chi connectivity index (χ0n) is 11.0. The summed E-state index contributed by atoms with van der Waals surface area (Å²) in [5.74, 6) is -0.0973. The van der Waals surface area contributed by atoms with Crippen LogP contribution in [-0.4, -0.2) is 22.3 Å². The molecule has 3 nitrogen and oxygen atoms in total. The van der Waals surface area contributed by atoms with Gasteiger partial charge >= 0.3 is 0 Å². The van der Waals surface area contributed by atoms with Crippen molar-refractivity contribution in [1.82, 2.24) is 9.88 Å². The predicted octanol–water partition coefficient (Wildman–Crippen LogP) is 4.16. The van der Waals surface area contributed by atoms with E-state index in [-0.39, 0.29) is 5.91 Å². The minimum Gasteiger partial charge on any atom is -0.333 e. The Balaban J connectivity index is 2.18. The molecule has 0 aliphatic rings. The Morgan fingerprint density at radius 3 is 2.65 bits per heavy atom. The number of rotatable bonds is 4. The second kappa shape index (κ2) is 6.86. The van der Waals surface area contributed by atoms with E-state index in [4.69, 9.17) is 11.6 Å². The summed E-state index contributed by atoms with van der Waals surface area (Å²) in [5, 5.41) is 0.669. The molecule has 0 N–H and O–H groups in total. The van der Waals surface area contributed by atoms with Gasteiger partial charge in [-0.3, -0.25) is 4.79 Å². The van der Waals surface area contributed by atoms with Crippen LogP contribution in [-0.2, 0) is 6.54 Å². The normalized spacial score (nSPS) is 10.3. The van der Waals surface area contributed by atoms with E-state index in [1.807, 2.05) is 37.3 Å². The van der Waals surface area contributed by atoms with Crippen molar-refractivity contribution in [1.29, 1.82) is 0 Å². The van der Waals surface area contributed by atoms with Crippen LogP contribution in [0, 0.1) is 0 Å². The van der Waals surface area contributed by atoms with Gasteiger partial charge in [-0.15, -0.1) is 0 Å². The zero-order chi connectivity index (χ0) is 14.5. The molecular weight excluding hydrogens is 340 g/mol. The molecule has 0 bridgehead atoms. The van der Waals surface area contributed by atoms with Crippen LogP contribution in [0.15, 0.2) is 47.1 Å². The summed E-state index contributed by atoms with van der Waals surface area (Å²) in [4.78, 5) is 18.3. The average Bonchev–Trinajstić information content (AvgIpc) is 2.46. The third-order valence-corrected chi connectivity index (χ3v) is 3.77. The minimum atomic E-state index is -0.0973. The number of pyridine rings is 1. The van der Waals surface area contributed by atoms with E-state index >= 15 is 0 Å². The van der Waals surface area contributed by atoms with Gasteiger partial charge in [0.2, 0.25) is 0 Å². The first-order valence-electron chi connectivity index (χ1n) is 6.26. The SMILES string of the molecule is CCN(Cc1ccccc1Cl)C(=O)c1ccc(Br)cn1. The number of hydrogen-bond donors (Lipinski definition) is 0. The number of carbonyl (C=O) groups excluding carboxylic acids is 1. The molecule has 0 spiro atoms. The standard InChI is InChI=1S/C15H14BrClN2O/c1-2-19(10-11-5-3-4-6-13(11)17)15(20)14-8-7-12(16)9-18-14/h3-9H,2,10H2,1H3. The van der Waals surface area contributed by atoms with Gasteiger partial charge in [-0.25, -0.2) is 4.98 Å². The summed E-state index contributed by atoms with van der Waals surface area (Å²) < 4.78 is 0.850. The Bertz CT molecular complexity index is 601. The van der Waals surface area contributed by atoms with Gasteiger partial charge in [0.15, 0.2) is 0 Å². The highest BCUT2D eigenvalue weighted by atomic mass is 79.9. The largest absolute Gasteiger partial charge is 0.333 e. The van der Waals surface area contributed by atoms with Gasteiger partial charge in [-0.05, 0) is 46.6 Å². The lowest BCUT2D eigenvalue weighted by Crippen LogP contribution is -2.31. The Morgan fingerprint density at radius 1 is 1.30 bits per heavy atom. The summed E-state index contributed by atoms with van der Waals surface area (Å²) in [5.41, 5.74) is 1.36. The highest BCUT2D eigenvalue weighted by Gasteiger charge is 2.16. The van der Waals surface area contributed by atoms with E-state index in [9.17, 15) is 4.79 Å². The molecule has 5 heteroatoms. The number of hydrogen-bond acceptors (Lipinski definition) is 2. The first-order valence-corrected chi connectivity index (χ1v) is 7.43. The van der Waals surface area contributed by atoms with Crippen LogP contribution in [0.5, 0.6) is 0 Å². The van der Waals surface area contributed by atoms with Crippen molar-refractivity contribution >= 4 is 33.4 Å². The quantitative estimate of drug-likeness (QED) is 0.827. The molecule has 0 aliphatic heterocycles. The van der Waals surface area contributed by atoms with Crippen LogP contribution in [0.4, 0.5) is 0 Å². The van der Waals surface area contributed by atoms with E-state index in [1.165, 1.54) is 0 Å². The maximum Gasteiger partial charge on any atom is 0.272 e. The van der Waals surface area contributed by atoms with Gasteiger partial charge in [-0.1, -0.05) is 29.8 Å². The van der Waals surface area contributed by atoms with Crippen molar-refractivity contribution < 1.29 is 4.79 Å². The second-order valence-electron chi connectivity index (χ2n) is 4.27. The minimum absolute atomic E-state index is 0.0973. The first-order chi connectivity index (χ1) is 9.61. The van der Waals surface area contributed by atoms with Crippen molar-refractivity contribution in [3.63, 3.8) is 0 Å². The van der Waals surface area contributed by atoms with Gasteiger partial charge in [0.25, 0.3) is 5.91 Å². The van der Waals surface area contributed by atoms with Gasteiger partial charge < -0.3 is 4.90 Å². The van der Waals surface area contributed by atoms with Crippen molar-refractivity contribution in [3.05, 3.63) is 63.3 Å². The second-order valence-corrected chi connectivity index (χ2v) is 5.60. The fourth-order valence-corrected chi connectivity index (χ4v) is 2.25. The average molecular weight is 354 g/mol. The molecule has 2 aromatic rings. The van der Waals surface area contributed by atoms with Crippen LogP contribution in [0.2, 0.25) is 5.02 Å². The maximum absolute atomic E-state index is 12.4. The topological polar surface area (TPSA) is 33.2 Å². The van der Waals surface area contributed by atoms with E-state index < -0.39 is 0 Å². The fraction of sp³-hybridized carbons (Fsp3) is 0.200. The van der Waals surface area contributed by atoms with E-state index in [2.05, 4.69) is 20.9 Å². The molecule has 0 saturated carbocycles. The predicted molar refractivity (Wildman–Crippen MR) is 83.8 cm³/mol. The van der Waals surface area contributed by atoms with Crippen LogP contribution in [0.1, 0.15) is 23.0 Å². The molecular formula is C15H14BrClN2O. The monoisotopic (exact) mass is 352 g/mol.